The first-order valence-corrected chi connectivity index (χ1v) is 5.76. The molecule has 0 aliphatic heterocycles. The lowest BCUT2D eigenvalue weighted by molar-refractivity contribution is -0.118. The van der Waals surface area contributed by atoms with Crippen molar-refractivity contribution < 1.29 is 4.79 Å². The molecule has 1 aromatic carbocycles. The van der Waals surface area contributed by atoms with Crippen LogP contribution in [0.5, 0.6) is 0 Å². The van der Waals surface area contributed by atoms with Crippen LogP contribution in [0.15, 0.2) is 30.5 Å². The predicted molar refractivity (Wildman–Crippen MR) is 72.0 cm³/mol. The van der Waals surface area contributed by atoms with E-state index in [0.717, 1.165) is 22.0 Å². The topological polar surface area (TPSA) is 42.0 Å². The van der Waals surface area contributed by atoms with E-state index in [1.54, 1.807) is 6.20 Å². The maximum absolute atomic E-state index is 10.7. The van der Waals surface area contributed by atoms with Crippen LogP contribution in [-0.4, -0.2) is 17.4 Å². The number of fused-ring (bicyclic) bond motifs is 1. The van der Waals surface area contributed by atoms with Crippen molar-refractivity contribution in [1.82, 2.24) is 10.3 Å². The molecule has 0 unspecified atom stereocenters. The average molecular weight is 238 g/mol. The lowest BCUT2D eigenvalue weighted by Gasteiger charge is -2.03. The first-order chi connectivity index (χ1) is 8.68. The van der Waals surface area contributed by atoms with E-state index in [0.29, 0.717) is 6.54 Å². The molecule has 1 N–H and O–H groups in total. The van der Waals surface area contributed by atoms with Crippen LogP contribution in [0.25, 0.3) is 10.9 Å². The minimum absolute atomic E-state index is 0.0683. The largest absolute Gasteiger partial charge is 0.345 e. The fourth-order valence-corrected chi connectivity index (χ4v) is 1.73. The van der Waals surface area contributed by atoms with Gasteiger partial charge in [-0.2, -0.15) is 0 Å². The van der Waals surface area contributed by atoms with Gasteiger partial charge in [-0.3, -0.25) is 9.78 Å². The molecular weight excluding hydrogens is 224 g/mol. The van der Waals surface area contributed by atoms with Gasteiger partial charge in [0.2, 0.25) is 5.91 Å². The minimum atomic E-state index is -0.0683. The molecule has 2 aromatic rings. The molecule has 2 rings (SSSR count). The molecule has 1 aromatic heterocycles. The molecule has 1 heterocycles. The molecule has 0 aliphatic carbocycles. The Morgan fingerprint density at radius 1 is 1.39 bits per heavy atom. The van der Waals surface area contributed by atoms with Gasteiger partial charge in [-0.05, 0) is 24.6 Å². The Labute approximate surface area is 106 Å². The second-order valence-corrected chi connectivity index (χ2v) is 4.02. The molecule has 0 bridgehead atoms. The van der Waals surface area contributed by atoms with Gasteiger partial charge < -0.3 is 5.32 Å². The van der Waals surface area contributed by atoms with E-state index < -0.39 is 0 Å². The first-order valence-electron chi connectivity index (χ1n) is 5.76. The quantitative estimate of drug-likeness (QED) is 0.772. The van der Waals surface area contributed by atoms with Crippen molar-refractivity contribution in [3.8, 4) is 11.8 Å². The third-order valence-corrected chi connectivity index (χ3v) is 2.68. The van der Waals surface area contributed by atoms with E-state index in [1.165, 1.54) is 6.92 Å². The zero-order valence-electron chi connectivity index (χ0n) is 10.4. The van der Waals surface area contributed by atoms with E-state index in [-0.39, 0.29) is 5.91 Å². The smallest absolute Gasteiger partial charge is 0.217 e. The Kier molecular flexibility index (Phi) is 3.59. The second-order valence-electron chi connectivity index (χ2n) is 4.02. The zero-order valence-corrected chi connectivity index (χ0v) is 10.4. The Bertz CT molecular complexity index is 650. The molecule has 0 radical (unpaired) electrons. The van der Waals surface area contributed by atoms with Gasteiger partial charge in [0.05, 0.1) is 12.1 Å². The van der Waals surface area contributed by atoms with Crippen molar-refractivity contribution in [3.63, 3.8) is 0 Å². The summed E-state index contributed by atoms with van der Waals surface area (Å²) in [5.74, 6) is 5.92. The van der Waals surface area contributed by atoms with E-state index in [2.05, 4.69) is 22.1 Å². The number of rotatable bonds is 1. The highest BCUT2D eigenvalue weighted by Gasteiger charge is 2.01. The molecule has 3 heteroatoms. The van der Waals surface area contributed by atoms with Gasteiger partial charge >= 0.3 is 0 Å². The van der Waals surface area contributed by atoms with Crippen LogP contribution in [0.4, 0.5) is 0 Å². The number of nitrogens with zero attached hydrogens (tertiary/aromatic N) is 1. The minimum Gasteiger partial charge on any atom is -0.345 e. The number of amides is 1. The van der Waals surface area contributed by atoms with Gasteiger partial charge in [-0.25, -0.2) is 0 Å². The van der Waals surface area contributed by atoms with Crippen LogP contribution in [0.1, 0.15) is 18.1 Å². The number of carbonyl (C=O) groups is 1. The SMILES string of the molecule is CC(=O)NCC#Cc1ccc2cccnc2c1C. The Hall–Kier alpha value is -2.34. The molecule has 0 spiro atoms. The summed E-state index contributed by atoms with van der Waals surface area (Å²) in [6.07, 6.45) is 1.78. The monoisotopic (exact) mass is 238 g/mol. The summed E-state index contributed by atoms with van der Waals surface area (Å²) in [6.45, 7) is 3.86. The predicted octanol–water partition coefficient (Wildman–Crippen LogP) is 2.03. The van der Waals surface area contributed by atoms with Gasteiger partial charge in [0.25, 0.3) is 0 Å². The Morgan fingerprint density at radius 2 is 2.22 bits per heavy atom. The average Bonchev–Trinajstić information content (AvgIpc) is 2.37. The summed E-state index contributed by atoms with van der Waals surface area (Å²) < 4.78 is 0. The number of benzene rings is 1. The number of hydrogen-bond donors (Lipinski definition) is 1. The maximum atomic E-state index is 10.7. The molecule has 0 fully saturated rings. The third-order valence-electron chi connectivity index (χ3n) is 2.68. The van der Waals surface area contributed by atoms with Crippen LogP contribution in [-0.2, 0) is 4.79 Å². The van der Waals surface area contributed by atoms with Crippen molar-refractivity contribution in [2.45, 2.75) is 13.8 Å². The van der Waals surface area contributed by atoms with Crippen LogP contribution in [0.3, 0.4) is 0 Å². The van der Waals surface area contributed by atoms with E-state index in [1.807, 2.05) is 31.2 Å². The molecule has 3 nitrogen and oxygen atoms in total. The summed E-state index contributed by atoms with van der Waals surface area (Å²) >= 11 is 0. The lowest BCUT2D eigenvalue weighted by Crippen LogP contribution is -2.19. The molecule has 1 amide bonds. The number of aryl methyl sites for hydroxylation is 1. The summed E-state index contributed by atoms with van der Waals surface area (Å²) in [7, 11) is 0. The van der Waals surface area contributed by atoms with Crippen LogP contribution in [0.2, 0.25) is 0 Å². The maximum Gasteiger partial charge on any atom is 0.217 e. The molecular formula is C15H14N2O. The molecule has 0 atom stereocenters. The number of carbonyl (C=O) groups excluding carboxylic acids is 1. The molecule has 90 valence electrons. The van der Waals surface area contributed by atoms with Crippen molar-refractivity contribution in [2.24, 2.45) is 0 Å². The fraction of sp³-hybridized carbons (Fsp3) is 0.200. The van der Waals surface area contributed by atoms with Gasteiger partial charge in [0.1, 0.15) is 0 Å². The number of hydrogen-bond acceptors (Lipinski definition) is 2. The van der Waals surface area contributed by atoms with Crippen molar-refractivity contribution >= 4 is 16.8 Å². The normalized spacial score (nSPS) is 9.67. The van der Waals surface area contributed by atoms with Crippen LogP contribution < -0.4 is 5.32 Å². The van der Waals surface area contributed by atoms with Crippen molar-refractivity contribution in [3.05, 3.63) is 41.6 Å². The Balaban J connectivity index is 2.29. The molecule has 0 saturated carbocycles. The van der Waals surface area contributed by atoms with Gasteiger partial charge in [0.15, 0.2) is 0 Å². The standard InChI is InChI=1S/C15H14N2O/c1-11-13(5-3-9-16-12(2)18)7-8-14-6-4-10-17-15(11)14/h4,6-8,10H,9H2,1-2H3,(H,16,18). The fourth-order valence-electron chi connectivity index (χ4n) is 1.73. The summed E-state index contributed by atoms with van der Waals surface area (Å²) in [4.78, 5) is 15.1. The van der Waals surface area contributed by atoms with Crippen LogP contribution in [0, 0.1) is 18.8 Å². The third kappa shape index (κ3) is 2.67. The van der Waals surface area contributed by atoms with Gasteiger partial charge in [-0.1, -0.05) is 24.0 Å². The number of aromatic nitrogens is 1. The first kappa shape index (κ1) is 12.1. The molecule has 18 heavy (non-hydrogen) atoms. The molecule has 0 aliphatic rings. The lowest BCUT2D eigenvalue weighted by atomic mass is 10.0. The Morgan fingerprint density at radius 3 is 3.00 bits per heavy atom. The highest BCUT2D eigenvalue weighted by molar-refractivity contribution is 5.83. The van der Waals surface area contributed by atoms with E-state index >= 15 is 0 Å². The zero-order chi connectivity index (χ0) is 13.0. The molecule has 0 saturated heterocycles. The van der Waals surface area contributed by atoms with Crippen molar-refractivity contribution in [2.75, 3.05) is 6.54 Å². The van der Waals surface area contributed by atoms with Crippen molar-refractivity contribution in [1.29, 1.82) is 0 Å². The summed E-state index contributed by atoms with van der Waals surface area (Å²) in [5, 5.41) is 3.76. The number of pyridine rings is 1. The second kappa shape index (κ2) is 5.33. The number of nitrogens with one attached hydrogen (secondary N) is 1. The van der Waals surface area contributed by atoms with Gasteiger partial charge in [-0.15, -0.1) is 0 Å². The van der Waals surface area contributed by atoms with Crippen LogP contribution >= 0.6 is 0 Å². The van der Waals surface area contributed by atoms with E-state index in [9.17, 15) is 4.79 Å². The van der Waals surface area contributed by atoms with Gasteiger partial charge in [0, 0.05) is 24.1 Å². The van der Waals surface area contributed by atoms with E-state index in [4.69, 9.17) is 0 Å². The highest BCUT2D eigenvalue weighted by atomic mass is 16.1. The summed E-state index contributed by atoms with van der Waals surface area (Å²) in [6, 6.07) is 7.95. The highest BCUT2D eigenvalue weighted by Crippen LogP contribution is 2.18. The summed E-state index contributed by atoms with van der Waals surface area (Å²) in [5.41, 5.74) is 3.00.